The second-order valence-electron chi connectivity index (χ2n) is 10.6. The van der Waals surface area contributed by atoms with Crippen LogP contribution in [0.4, 0.5) is 0 Å². The van der Waals surface area contributed by atoms with E-state index in [-0.39, 0.29) is 18.2 Å². The lowest BCUT2D eigenvalue weighted by molar-refractivity contribution is -0.0189. The van der Waals surface area contributed by atoms with Crippen molar-refractivity contribution in [3.8, 4) is 5.75 Å². The van der Waals surface area contributed by atoms with Crippen molar-refractivity contribution in [3.05, 3.63) is 71.5 Å². The van der Waals surface area contributed by atoms with Gasteiger partial charge in [0.2, 0.25) is 0 Å². The first kappa shape index (κ1) is 24.1. The van der Waals surface area contributed by atoms with Crippen LogP contribution in [0.15, 0.2) is 54.8 Å². The van der Waals surface area contributed by atoms with Crippen LogP contribution in [0.5, 0.6) is 5.75 Å². The minimum Gasteiger partial charge on any atom is -0.467 e. The van der Waals surface area contributed by atoms with Gasteiger partial charge in [-0.3, -0.25) is 0 Å². The fraction of sp³-hybridized carbons (Fsp3) is 0.500. The van der Waals surface area contributed by atoms with Gasteiger partial charge >= 0.3 is 5.97 Å². The molecule has 5 heteroatoms. The quantitative estimate of drug-likeness (QED) is 0.173. The molecule has 4 aliphatic rings. The molecule has 5 nitrogen and oxygen atoms in total. The van der Waals surface area contributed by atoms with Crippen LogP contribution in [0.1, 0.15) is 66.9 Å². The molecule has 2 aromatic carbocycles. The zero-order valence-corrected chi connectivity index (χ0v) is 20.8. The largest absolute Gasteiger partial charge is 0.467 e. The molecular weight excluding hydrogens is 440 g/mol. The summed E-state index contributed by atoms with van der Waals surface area (Å²) in [6.07, 6.45) is 9.55. The second-order valence-corrected chi connectivity index (χ2v) is 10.6. The summed E-state index contributed by atoms with van der Waals surface area (Å²) in [6, 6.07) is 15.5. The number of carbonyl (C=O) groups is 1. The van der Waals surface area contributed by atoms with E-state index in [0.29, 0.717) is 18.8 Å². The Morgan fingerprint density at radius 3 is 2.29 bits per heavy atom. The van der Waals surface area contributed by atoms with Gasteiger partial charge in [-0.05, 0) is 98.0 Å². The predicted molar refractivity (Wildman–Crippen MR) is 135 cm³/mol. The molecule has 4 bridgehead atoms. The molecule has 0 radical (unpaired) electrons. The number of methoxy groups -OCH3 is 1. The van der Waals surface area contributed by atoms with Crippen molar-refractivity contribution >= 4 is 11.5 Å². The van der Waals surface area contributed by atoms with E-state index in [1.165, 1.54) is 50.4 Å². The number of ether oxygens (including phenoxy) is 4. The van der Waals surface area contributed by atoms with Gasteiger partial charge in [0.15, 0.2) is 6.79 Å². The molecule has 35 heavy (non-hydrogen) atoms. The first-order chi connectivity index (χ1) is 17.1. The van der Waals surface area contributed by atoms with Gasteiger partial charge in [-0.1, -0.05) is 30.3 Å². The second kappa shape index (κ2) is 10.5. The van der Waals surface area contributed by atoms with Crippen LogP contribution in [-0.2, 0) is 19.6 Å². The fourth-order valence-corrected chi connectivity index (χ4v) is 6.92. The van der Waals surface area contributed by atoms with Gasteiger partial charge < -0.3 is 18.9 Å². The summed E-state index contributed by atoms with van der Waals surface area (Å²) < 4.78 is 22.4. The first-order valence-corrected chi connectivity index (χ1v) is 12.8. The molecule has 2 aromatic rings. The van der Waals surface area contributed by atoms with Crippen molar-refractivity contribution in [2.45, 2.75) is 50.9 Å². The molecule has 0 unspecified atom stereocenters. The van der Waals surface area contributed by atoms with Crippen molar-refractivity contribution in [3.63, 3.8) is 0 Å². The SMILES string of the molecule is COCCOCOc1cc(C(C)=COC(=O)c2ccccc2)ccc1C12CC3CC(CC(C3)C1)C2. The van der Waals surface area contributed by atoms with E-state index in [4.69, 9.17) is 18.9 Å². The summed E-state index contributed by atoms with van der Waals surface area (Å²) in [5.74, 6) is 3.09. The maximum atomic E-state index is 12.4. The topological polar surface area (TPSA) is 54.0 Å². The zero-order valence-electron chi connectivity index (χ0n) is 20.8. The fourth-order valence-electron chi connectivity index (χ4n) is 6.92. The maximum Gasteiger partial charge on any atom is 0.342 e. The molecule has 0 atom stereocenters. The average Bonchev–Trinajstić information content (AvgIpc) is 2.86. The summed E-state index contributed by atoms with van der Waals surface area (Å²) >= 11 is 0. The number of hydrogen-bond acceptors (Lipinski definition) is 5. The number of carbonyl (C=O) groups excluding carboxylic acids is 1. The summed E-state index contributed by atoms with van der Waals surface area (Å²) in [7, 11) is 1.67. The Bertz CT molecular complexity index is 1020. The zero-order chi connectivity index (χ0) is 24.3. The molecule has 0 N–H and O–H groups in total. The van der Waals surface area contributed by atoms with Gasteiger partial charge in [0, 0.05) is 12.7 Å². The van der Waals surface area contributed by atoms with E-state index in [9.17, 15) is 4.79 Å². The summed E-state index contributed by atoms with van der Waals surface area (Å²) in [6.45, 7) is 3.19. The van der Waals surface area contributed by atoms with Crippen LogP contribution in [0.2, 0.25) is 0 Å². The van der Waals surface area contributed by atoms with Gasteiger partial charge in [0.1, 0.15) is 5.75 Å². The minimum absolute atomic E-state index is 0.192. The maximum absolute atomic E-state index is 12.4. The molecule has 0 aliphatic heterocycles. The third-order valence-electron chi connectivity index (χ3n) is 8.13. The van der Waals surface area contributed by atoms with Crippen LogP contribution in [0.3, 0.4) is 0 Å². The smallest absolute Gasteiger partial charge is 0.342 e. The third kappa shape index (κ3) is 5.31. The molecule has 186 valence electrons. The molecule has 0 saturated heterocycles. The van der Waals surface area contributed by atoms with Crippen LogP contribution in [0.25, 0.3) is 5.57 Å². The van der Waals surface area contributed by atoms with Crippen molar-refractivity contribution in [1.29, 1.82) is 0 Å². The Labute approximate surface area is 208 Å². The number of allylic oxidation sites excluding steroid dienone is 1. The lowest BCUT2D eigenvalue weighted by atomic mass is 9.48. The van der Waals surface area contributed by atoms with E-state index in [2.05, 4.69) is 18.2 Å². The van der Waals surface area contributed by atoms with Crippen molar-refractivity contribution in [2.75, 3.05) is 27.1 Å². The van der Waals surface area contributed by atoms with Crippen LogP contribution < -0.4 is 4.74 Å². The molecule has 0 amide bonds. The molecular formula is C30H36O5. The Kier molecular flexibility index (Phi) is 7.26. The summed E-state index contributed by atoms with van der Waals surface area (Å²) in [4.78, 5) is 12.4. The highest BCUT2D eigenvalue weighted by molar-refractivity contribution is 5.90. The van der Waals surface area contributed by atoms with Gasteiger partial charge in [0.25, 0.3) is 0 Å². The minimum atomic E-state index is -0.363. The Hall–Kier alpha value is -2.63. The summed E-state index contributed by atoms with van der Waals surface area (Å²) in [5.41, 5.74) is 3.92. The average molecular weight is 477 g/mol. The van der Waals surface area contributed by atoms with Gasteiger partial charge in [-0.25, -0.2) is 4.79 Å². The van der Waals surface area contributed by atoms with Crippen LogP contribution >= 0.6 is 0 Å². The Morgan fingerprint density at radius 2 is 1.63 bits per heavy atom. The Balaban J connectivity index is 1.37. The molecule has 6 rings (SSSR count). The summed E-state index contributed by atoms with van der Waals surface area (Å²) in [5, 5.41) is 0. The van der Waals surface area contributed by atoms with E-state index < -0.39 is 0 Å². The van der Waals surface area contributed by atoms with Crippen molar-refractivity contribution in [1.82, 2.24) is 0 Å². The van der Waals surface area contributed by atoms with E-state index >= 15 is 0 Å². The molecule has 4 saturated carbocycles. The predicted octanol–water partition coefficient (Wildman–Crippen LogP) is 6.37. The number of rotatable bonds is 10. The lowest BCUT2D eigenvalue weighted by Crippen LogP contribution is -2.48. The highest BCUT2D eigenvalue weighted by Crippen LogP contribution is 2.62. The Morgan fingerprint density at radius 1 is 0.943 bits per heavy atom. The van der Waals surface area contributed by atoms with Crippen LogP contribution in [-0.4, -0.2) is 33.1 Å². The van der Waals surface area contributed by atoms with Crippen LogP contribution in [0, 0.1) is 17.8 Å². The van der Waals surface area contributed by atoms with E-state index in [1.54, 1.807) is 19.2 Å². The van der Waals surface area contributed by atoms with Crippen molar-refractivity contribution in [2.24, 2.45) is 17.8 Å². The van der Waals surface area contributed by atoms with E-state index in [0.717, 1.165) is 34.6 Å². The molecule has 4 aliphatic carbocycles. The normalized spacial score (nSPS) is 27.1. The molecule has 0 aromatic heterocycles. The lowest BCUT2D eigenvalue weighted by Gasteiger charge is -2.57. The first-order valence-electron chi connectivity index (χ1n) is 12.8. The molecule has 0 heterocycles. The molecule has 0 spiro atoms. The van der Waals surface area contributed by atoms with Gasteiger partial charge in [-0.2, -0.15) is 0 Å². The number of hydrogen-bond donors (Lipinski definition) is 0. The van der Waals surface area contributed by atoms with E-state index in [1.807, 2.05) is 25.1 Å². The highest BCUT2D eigenvalue weighted by atomic mass is 16.7. The van der Waals surface area contributed by atoms with Gasteiger partial charge in [-0.15, -0.1) is 0 Å². The van der Waals surface area contributed by atoms with Crippen molar-refractivity contribution < 1.29 is 23.7 Å². The molecule has 4 fully saturated rings. The third-order valence-corrected chi connectivity index (χ3v) is 8.13. The monoisotopic (exact) mass is 476 g/mol. The standard InChI is InChI=1S/C30H36O5/c1-21(19-34-29(31)25-6-4-3-5-7-25)26-8-9-27(28(15-26)35-20-33-11-10-32-2)30-16-22-12-23(17-30)14-24(13-22)18-30/h3-9,15,19,22-24H,10-14,16-18,20H2,1-2H3. The van der Waals surface area contributed by atoms with Gasteiger partial charge in [0.05, 0.1) is 25.0 Å². The highest BCUT2D eigenvalue weighted by Gasteiger charge is 2.52. The number of esters is 1. The number of benzene rings is 2.